The molecule has 122 valence electrons. The van der Waals surface area contributed by atoms with Crippen LogP contribution in [0.2, 0.25) is 0 Å². The van der Waals surface area contributed by atoms with Gasteiger partial charge in [0.15, 0.2) is 11.5 Å². The zero-order valence-corrected chi connectivity index (χ0v) is 13.4. The van der Waals surface area contributed by atoms with E-state index in [-0.39, 0.29) is 17.6 Å². The number of halogens is 1. The SMILES string of the molecule is COc1ccc(CNC(=O)C(C)c2ccc(F)cc2)cc1OC. The van der Waals surface area contributed by atoms with Crippen LogP contribution in [0.15, 0.2) is 42.5 Å². The van der Waals surface area contributed by atoms with Gasteiger partial charge in [-0.2, -0.15) is 0 Å². The third kappa shape index (κ3) is 4.22. The standard InChI is InChI=1S/C18H20FNO3/c1-12(14-5-7-15(19)8-6-14)18(21)20-11-13-4-9-16(22-2)17(10-13)23-3/h4-10,12H,11H2,1-3H3,(H,20,21). The number of carbonyl (C=O) groups excluding carboxylic acids is 1. The number of hydrogen-bond donors (Lipinski definition) is 1. The fourth-order valence-electron chi connectivity index (χ4n) is 2.24. The van der Waals surface area contributed by atoms with E-state index in [4.69, 9.17) is 9.47 Å². The van der Waals surface area contributed by atoms with E-state index in [1.165, 1.54) is 12.1 Å². The Labute approximate surface area is 135 Å². The van der Waals surface area contributed by atoms with Crippen LogP contribution in [-0.2, 0) is 11.3 Å². The molecule has 1 amide bonds. The fourth-order valence-corrected chi connectivity index (χ4v) is 2.24. The Balaban J connectivity index is 1.99. The van der Waals surface area contributed by atoms with Crippen molar-refractivity contribution in [1.29, 1.82) is 0 Å². The summed E-state index contributed by atoms with van der Waals surface area (Å²) in [5.41, 5.74) is 1.68. The third-order valence-electron chi connectivity index (χ3n) is 3.68. The first-order valence-electron chi connectivity index (χ1n) is 7.29. The zero-order valence-electron chi connectivity index (χ0n) is 13.4. The van der Waals surface area contributed by atoms with Crippen molar-refractivity contribution in [2.75, 3.05) is 14.2 Å². The van der Waals surface area contributed by atoms with E-state index < -0.39 is 0 Å². The summed E-state index contributed by atoms with van der Waals surface area (Å²) in [6.45, 7) is 2.17. The molecule has 2 rings (SSSR count). The largest absolute Gasteiger partial charge is 0.493 e. The van der Waals surface area contributed by atoms with Gasteiger partial charge in [0.25, 0.3) is 0 Å². The summed E-state index contributed by atoms with van der Waals surface area (Å²) in [7, 11) is 3.14. The number of hydrogen-bond acceptors (Lipinski definition) is 3. The Bertz CT molecular complexity index is 670. The van der Waals surface area contributed by atoms with Crippen molar-refractivity contribution in [2.24, 2.45) is 0 Å². The Morgan fingerprint density at radius 2 is 1.74 bits per heavy atom. The molecule has 0 spiro atoms. The molecule has 0 saturated heterocycles. The Hall–Kier alpha value is -2.56. The molecular weight excluding hydrogens is 297 g/mol. The van der Waals surface area contributed by atoms with Gasteiger partial charge in [-0.1, -0.05) is 18.2 Å². The smallest absolute Gasteiger partial charge is 0.227 e. The normalized spacial score (nSPS) is 11.7. The first-order chi connectivity index (χ1) is 11.0. The lowest BCUT2D eigenvalue weighted by Crippen LogP contribution is -2.27. The molecule has 0 aromatic heterocycles. The second-order valence-electron chi connectivity index (χ2n) is 5.18. The van der Waals surface area contributed by atoms with Gasteiger partial charge < -0.3 is 14.8 Å². The average molecular weight is 317 g/mol. The van der Waals surface area contributed by atoms with Crippen LogP contribution in [-0.4, -0.2) is 20.1 Å². The van der Waals surface area contributed by atoms with Crippen molar-refractivity contribution in [1.82, 2.24) is 5.32 Å². The van der Waals surface area contributed by atoms with Crippen molar-refractivity contribution in [3.63, 3.8) is 0 Å². The summed E-state index contributed by atoms with van der Waals surface area (Å²) in [5.74, 6) is 0.474. The van der Waals surface area contributed by atoms with Gasteiger partial charge in [0, 0.05) is 6.54 Å². The monoisotopic (exact) mass is 317 g/mol. The van der Waals surface area contributed by atoms with Gasteiger partial charge in [-0.3, -0.25) is 4.79 Å². The maximum atomic E-state index is 12.9. The maximum absolute atomic E-state index is 12.9. The number of carbonyl (C=O) groups is 1. The molecule has 0 aliphatic carbocycles. The second-order valence-corrected chi connectivity index (χ2v) is 5.18. The summed E-state index contributed by atoms with van der Waals surface area (Å²) < 4.78 is 23.3. The van der Waals surface area contributed by atoms with Gasteiger partial charge in [-0.15, -0.1) is 0 Å². The van der Waals surface area contributed by atoms with Crippen molar-refractivity contribution in [3.8, 4) is 11.5 Å². The van der Waals surface area contributed by atoms with Crippen LogP contribution in [0.1, 0.15) is 24.0 Å². The van der Waals surface area contributed by atoms with Crippen LogP contribution in [0.5, 0.6) is 11.5 Å². The van der Waals surface area contributed by atoms with Gasteiger partial charge in [0.1, 0.15) is 5.82 Å². The molecule has 0 fully saturated rings. The highest BCUT2D eigenvalue weighted by atomic mass is 19.1. The van der Waals surface area contributed by atoms with Crippen molar-refractivity contribution < 1.29 is 18.7 Å². The third-order valence-corrected chi connectivity index (χ3v) is 3.68. The molecule has 1 N–H and O–H groups in total. The van der Waals surface area contributed by atoms with Crippen LogP contribution in [0.4, 0.5) is 4.39 Å². The molecule has 1 atom stereocenters. The van der Waals surface area contributed by atoms with Crippen LogP contribution in [0, 0.1) is 5.82 Å². The van der Waals surface area contributed by atoms with Crippen molar-refractivity contribution >= 4 is 5.91 Å². The van der Waals surface area contributed by atoms with E-state index in [1.54, 1.807) is 39.3 Å². The maximum Gasteiger partial charge on any atom is 0.227 e. The highest BCUT2D eigenvalue weighted by Gasteiger charge is 2.15. The van der Waals surface area contributed by atoms with Crippen molar-refractivity contribution in [2.45, 2.75) is 19.4 Å². The van der Waals surface area contributed by atoms with Crippen LogP contribution in [0.25, 0.3) is 0 Å². The summed E-state index contributed by atoms with van der Waals surface area (Å²) in [6, 6.07) is 11.4. The second kappa shape index (κ2) is 7.63. The number of rotatable bonds is 6. The molecule has 1 unspecified atom stereocenters. The molecule has 2 aromatic carbocycles. The van der Waals surface area contributed by atoms with Gasteiger partial charge in [0.2, 0.25) is 5.91 Å². The van der Waals surface area contributed by atoms with Crippen LogP contribution in [0.3, 0.4) is 0 Å². The molecule has 0 radical (unpaired) electrons. The Morgan fingerprint density at radius 1 is 1.09 bits per heavy atom. The van der Waals surface area contributed by atoms with Gasteiger partial charge in [-0.25, -0.2) is 4.39 Å². The van der Waals surface area contributed by atoms with Crippen LogP contribution >= 0.6 is 0 Å². The number of amides is 1. The van der Waals surface area contributed by atoms with Crippen LogP contribution < -0.4 is 14.8 Å². The lowest BCUT2D eigenvalue weighted by atomic mass is 10.0. The van der Waals surface area contributed by atoms with Crippen molar-refractivity contribution in [3.05, 3.63) is 59.4 Å². The molecule has 0 aliphatic rings. The molecular formula is C18H20FNO3. The Kier molecular flexibility index (Phi) is 5.57. The number of nitrogens with one attached hydrogen (secondary N) is 1. The van der Waals surface area contributed by atoms with Gasteiger partial charge in [-0.05, 0) is 42.3 Å². The number of ether oxygens (including phenoxy) is 2. The summed E-state index contributed by atoms with van der Waals surface area (Å²) >= 11 is 0. The average Bonchev–Trinajstić information content (AvgIpc) is 2.59. The predicted octanol–water partition coefficient (Wildman–Crippen LogP) is 3.26. The first-order valence-corrected chi connectivity index (χ1v) is 7.29. The van der Waals surface area contributed by atoms with E-state index in [9.17, 15) is 9.18 Å². The minimum absolute atomic E-state index is 0.119. The lowest BCUT2D eigenvalue weighted by Gasteiger charge is -2.14. The van der Waals surface area contributed by atoms with E-state index in [0.29, 0.717) is 18.0 Å². The number of benzene rings is 2. The molecule has 0 heterocycles. The van der Waals surface area contributed by atoms with E-state index >= 15 is 0 Å². The molecule has 5 heteroatoms. The summed E-state index contributed by atoms with van der Waals surface area (Å²) in [5, 5.41) is 2.87. The van der Waals surface area contributed by atoms with E-state index in [0.717, 1.165) is 11.1 Å². The number of methoxy groups -OCH3 is 2. The Morgan fingerprint density at radius 3 is 2.35 bits per heavy atom. The molecule has 2 aromatic rings. The summed E-state index contributed by atoms with van der Waals surface area (Å²) in [6.07, 6.45) is 0. The predicted molar refractivity (Wildman–Crippen MR) is 86.2 cm³/mol. The molecule has 0 bridgehead atoms. The van der Waals surface area contributed by atoms with Gasteiger partial charge >= 0.3 is 0 Å². The molecule has 23 heavy (non-hydrogen) atoms. The molecule has 4 nitrogen and oxygen atoms in total. The quantitative estimate of drug-likeness (QED) is 0.889. The van der Waals surface area contributed by atoms with Gasteiger partial charge in [0.05, 0.1) is 20.1 Å². The topological polar surface area (TPSA) is 47.6 Å². The molecule has 0 aliphatic heterocycles. The highest BCUT2D eigenvalue weighted by Crippen LogP contribution is 2.27. The highest BCUT2D eigenvalue weighted by molar-refractivity contribution is 5.83. The minimum atomic E-state index is -0.351. The zero-order chi connectivity index (χ0) is 16.8. The van der Waals surface area contributed by atoms with E-state index in [2.05, 4.69) is 5.32 Å². The fraction of sp³-hybridized carbons (Fsp3) is 0.278. The molecule has 0 saturated carbocycles. The lowest BCUT2D eigenvalue weighted by molar-refractivity contribution is -0.122. The summed E-state index contributed by atoms with van der Waals surface area (Å²) in [4.78, 5) is 12.2. The first kappa shape index (κ1) is 16.8. The van der Waals surface area contributed by atoms with E-state index in [1.807, 2.05) is 12.1 Å². The minimum Gasteiger partial charge on any atom is -0.493 e.